The standard InChI is InChI=1S/C61H48N2/c1-60(2)52-30-14-13-29-48(52)50-39-55-51(38-53(50)60)49-32-31-46(37-54(49)61(55)33-15-6-16-34-61)44-26-17-25-43(35-44)45-27-18-28-47(36-45)59-58(42-23-11-5-12-24-42)62-56(40-19-7-3-8-20-40)57(63-59)41-21-9-4-10-22-41/h3-5,7-14,17-32,35-39H,6,15-16,33-34H2,1-2H3. The second-order valence-electron chi connectivity index (χ2n) is 18.4. The number of hydrogen-bond donors (Lipinski definition) is 0. The second kappa shape index (κ2) is 14.7. The molecule has 12 rings (SSSR count). The molecule has 3 aliphatic carbocycles. The number of benzene rings is 8. The van der Waals surface area contributed by atoms with E-state index in [0.717, 1.165) is 50.6 Å². The molecule has 1 heterocycles. The number of rotatable bonds is 6. The van der Waals surface area contributed by atoms with Gasteiger partial charge in [-0.2, -0.15) is 0 Å². The van der Waals surface area contributed by atoms with Crippen molar-refractivity contribution in [1.29, 1.82) is 0 Å². The van der Waals surface area contributed by atoms with Crippen molar-refractivity contribution in [3.05, 3.63) is 216 Å². The molecule has 1 saturated carbocycles. The minimum atomic E-state index is -0.0212. The Hall–Kier alpha value is -7.16. The summed E-state index contributed by atoms with van der Waals surface area (Å²) in [6, 6.07) is 71.0. The van der Waals surface area contributed by atoms with Crippen LogP contribution in [0, 0.1) is 0 Å². The van der Waals surface area contributed by atoms with Gasteiger partial charge in [0.1, 0.15) is 0 Å². The van der Waals surface area contributed by atoms with Gasteiger partial charge in [-0.15, -0.1) is 0 Å². The van der Waals surface area contributed by atoms with Crippen molar-refractivity contribution < 1.29 is 0 Å². The van der Waals surface area contributed by atoms with E-state index in [9.17, 15) is 0 Å². The van der Waals surface area contributed by atoms with Crippen molar-refractivity contribution in [3.8, 4) is 89.5 Å². The van der Waals surface area contributed by atoms with Gasteiger partial charge in [0.2, 0.25) is 0 Å². The van der Waals surface area contributed by atoms with Gasteiger partial charge in [-0.25, -0.2) is 9.97 Å². The van der Waals surface area contributed by atoms with Gasteiger partial charge in [0.05, 0.1) is 22.8 Å². The molecule has 1 aromatic heterocycles. The average Bonchev–Trinajstić information content (AvgIpc) is 3.74. The van der Waals surface area contributed by atoms with Gasteiger partial charge in [-0.1, -0.05) is 197 Å². The third-order valence-electron chi connectivity index (χ3n) is 14.5. The molecule has 2 heteroatoms. The lowest BCUT2D eigenvalue weighted by molar-refractivity contribution is 0.353. The van der Waals surface area contributed by atoms with Crippen molar-refractivity contribution in [2.24, 2.45) is 0 Å². The topological polar surface area (TPSA) is 25.8 Å². The van der Waals surface area contributed by atoms with Crippen molar-refractivity contribution in [1.82, 2.24) is 9.97 Å². The van der Waals surface area contributed by atoms with Crippen molar-refractivity contribution in [2.75, 3.05) is 0 Å². The Morgan fingerprint density at radius 1 is 0.302 bits per heavy atom. The number of hydrogen-bond acceptors (Lipinski definition) is 2. The molecule has 2 nitrogen and oxygen atoms in total. The highest BCUT2D eigenvalue weighted by atomic mass is 14.9. The molecule has 1 fully saturated rings. The largest absolute Gasteiger partial charge is 0.243 e. The van der Waals surface area contributed by atoms with Crippen molar-refractivity contribution in [2.45, 2.75) is 56.8 Å². The maximum Gasteiger partial charge on any atom is 0.0973 e. The molecule has 0 bridgehead atoms. The summed E-state index contributed by atoms with van der Waals surface area (Å²) in [5.41, 5.74) is 24.2. The molecule has 0 aliphatic heterocycles. The number of aromatic nitrogens is 2. The molecule has 63 heavy (non-hydrogen) atoms. The number of nitrogens with zero attached hydrogens (tertiary/aromatic N) is 2. The van der Waals surface area contributed by atoms with E-state index in [-0.39, 0.29) is 10.8 Å². The first-order valence-electron chi connectivity index (χ1n) is 22.7. The fraction of sp³-hybridized carbons (Fsp3) is 0.148. The highest BCUT2D eigenvalue weighted by Gasteiger charge is 2.46. The van der Waals surface area contributed by atoms with Crippen molar-refractivity contribution >= 4 is 0 Å². The van der Waals surface area contributed by atoms with Crippen LogP contribution < -0.4 is 0 Å². The van der Waals surface area contributed by atoms with Crippen LogP contribution in [0.3, 0.4) is 0 Å². The Kier molecular flexibility index (Phi) is 8.80. The summed E-state index contributed by atoms with van der Waals surface area (Å²) in [5.74, 6) is 0. The van der Waals surface area contributed by atoms with E-state index >= 15 is 0 Å². The minimum absolute atomic E-state index is 0.0212. The van der Waals surface area contributed by atoms with Crippen LogP contribution in [0.15, 0.2) is 194 Å². The summed E-state index contributed by atoms with van der Waals surface area (Å²) in [7, 11) is 0. The highest BCUT2D eigenvalue weighted by molar-refractivity contribution is 5.92. The summed E-state index contributed by atoms with van der Waals surface area (Å²) in [5, 5.41) is 0. The molecule has 0 amide bonds. The van der Waals surface area contributed by atoms with Gasteiger partial charge in [-0.05, 0) is 110 Å². The van der Waals surface area contributed by atoms with E-state index in [0.29, 0.717) is 0 Å². The maximum atomic E-state index is 5.53. The Morgan fingerprint density at radius 3 is 1.30 bits per heavy atom. The summed E-state index contributed by atoms with van der Waals surface area (Å²) >= 11 is 0. The molecule has 0 radical (unpaired) electrons. The Bertz CT molecular complexity index is 3210. The van der Waals surface area contributed by atoms with Crippen LogP contribution in [0.1, 0.15) is 68.2 Å². The zero-order valence-electron chi connectivity index (χ0n) is 35.9. The first kappa shape index (κ1) is 37.6. The van der Waals surface area contributed by atoms with Gasteiger partial charge < -0.3 is 0 Å². The maximum absolute atomic E-state index is 5.53. The molecule has 3 aliphatic rings. The van der Waals surface area contributed by atoms with E-state index in [2.05, 4.69) is 202 Å². The quantitative estimate of drug-likeness (QED) is 0.167. The predicted molar refractivity (Wildman–Crippen MR) is 262 cm³/mol. The third-order valence-corrected chi connectivity index (χ3v) is 14.5. The van der Waals surface area contributed by atoms with Gasteiger partial charge in [-0.3, -0.25) is 0 Å². The first-order valence-corrected chi connectivity index (χ1v) is 22.7. The lowest BCUT2D eigenvalue weighted by Crippen LogP contribution is -2.28. The number of fused-ring (bicyclic) bond motifs is 8. The van der Waals surface area contributed by atoms with Gasteiger partial charge >= 0.3 is 0 Å². The van der Waals surface area contributed by atoms with E-state index in [1.807, 2.05) is 6.07 Å². The van der Waals surface area contributed by atoms with Crippen LogP contribution in [-0.2, 0) is 10.8 Å². The summed E-state index contributed by atoms with van der Waals surface area (Å²) < 4.78 is 0. The summed E-state index contributed by atoms with van der Waals surface area (Å²) in [6.45, 7) is 4.81. The Labute approximate surface area is 371 Å². The fourth-order valence-electron chi connectivity index (χ4n) is 11.3. The molecule has 0 unspecified atom stereocenters. The minimum Gasteiger partial charge on any atom is -0.243 e. The molecular weight excluding hydrogens is 761 g/mol. The van der Waals surface area contributed by atoms with Crippen LogP contribution in [0.5, 0.6) is 0 Å². The molecule has 8 aromatic carbocycles. The van der Waals surface area contributed by atoms with Gasteiger partial charge in [0.25, 0.3) is 0 Å². The Morgan fingerprint density at radius 2 is 0.714 bits per heavy atom. The molecular formula is C61H48N2. The van der Waals surface area contributed by atoms with Gasteiger partial charge in [0, 0.05) is 33.1 Å². The first-order chi connectivity index (χ1) is 31.0. The Balaban J connectivity index is 0.958. The monoisotopic (exact) mass is 808 g/mol. The van der Waals surface area contributed by atoms with E-state index in [4.69, 9.17) is 9.97 Å². The van der Waals surface area contributed by atoms with Crippen LogP contribution in [0.4, 0.5) is 0 Å². The smallest absolute Gasteiger partial charge is 0.0973 e. The molecule has 9 aromatic rings. The fourth-order valence-corrected chi connectivity index (χ4v) is 11.3. The molecule has 0 N–H and O–H groups in total. The molecule has 302 valence electrons. The van der Waals surface area contributed by atoms with Crippen LogP contribution in [-0.4, -0.2) is 9.97 Å². The molecule has 0 saturated heterocycles. The molecule has 1 spiro atoms. The average molecular weight is 809 g/mol. The van der Waals surface area contributed by atoms with Crippen LogP contribution in [0.25, 0.3) is 89.5 Å². The van der Waals surface area contributed by atoms with Crippen molar-refractivity contribution in [3.63, 3.8) is 0 Å². The predicted octanol–water partition coefficient (Wildman–Crippen LogP) is 16.0. The summed E-state index contributed by atoms with van der Waals surface area (Å²) in [6.07, 6.45) is 6.27. The summed E-state index contributed by atoms with van der Waals surface area (Å²) in [4.78, 5) is 11.0. The van der Waals surface area contributed by atoms with Gasteiger partial charge in [0.15, 0.2) is 0 Å². The highest BCUT2D eigenvalue weighted by Crippen LogP contribution is 2.60. The van der Waals surface area contributed by atoms with E-state index in [1.165, 1.54) is 87.7 Å². The lowest BCUT2D eigenvalue weighted by atomic mass is 9.67. The molecule has 0 atom stereocenters. The lowest BCUT2D eigenvalue weighted by Gasteiger charge is -2.36. The zero-order valence-corrected chi connectivity index (χ0v) is 35.9. The normalized spacial score (nSPS) is 15.1. The second-order valence-corrected chi connectivity index (χ2v) is 18.4. The third kappa shape index (κ3) is 6.07. The zero-order chi connectivity index (χ0) is 42.1. The van der Waals surface area contributed by atoms with Crippen LogP contribution >= 0.6 is 0 Å². The van der Waals surface area contributed by atoms with E-state index in [1.54, 1.807) is 5.56 Å². The SMILES string of the molecule is CC1(C)c2ccccc2-c2cc3c(cc21)-c1ccc(-c2cccc(-c4cccc(-c5nc(-c6ccccc6)c(-c6ccccc6)nc5-c5ccccc5)c4)c2)cc1C31CCCCC1. The van der Waals surface area contributed by atoms with Crippen LogP contribution in [0.2, 0.25) is 0 Å². The van der Waals surface area contributed by atoms with E-state index < -0.39 is 0 Å².